The summed E-state index contributed by atoms with van der Waals surface area (Å²) in [5.74, 6) is -0.922. The summed E-state index contributed by atoms with van der Waals surface area (Å²) in [5, 5.41) is 8.84. The highest BCUT2D eigenvalue weighted by Gasteiger charge is 2.02. The maximum absolute atomic E-state index is 10.8. The largest absolute Gasteiger partial charge is 0.478 e. The van der Waals surface area contributed by atoms with Gasteiger partial charge in [0.1, 0.15) is 0 Å². The van der Waals surface area contributed by atoms with E-state index in [1.807, 2.05) is 38.2 Å². The highest BCUT2D eigenvalue weighted by Crippen LogP contribution is 2.15. The van der Waals surface area contributed by atoms with E-state index in [2.05, 4.69) is 13.2 Å². The van der Waals surface area contributed by atoms with Crippen LogP contribution in [0.5, 0.6) is 0 Å². The van der Waals surface area contributed by atoms with Crippen LogP contribution in [-0.4, -0.2) is 11.1 Å². The van der Waals surface area contributed by atoms with Gasteiger partial charge in [0.05, 0.1) is 0 Å². The SMILES string of the molecule is C=CC=CC(C)=CC(=C)C(C=C(C)C(=O)O)=CC. The fourth-order valence-corrected chi connectivity index (χ4v) is 1.28. The third-order valence-electron chi connectivity index (χ3n) is 2.29. The lowest BCUT2D eigenvalue weighted by molar-refractivity contribution is -0.132. The molecule has 0 amide bonds. The lowest BCUT2D eigenvalue weighted by Gasteiger charge is -2.03. The van der Waals surface area contributed by atoms with Gasteiger partial charge in [0.15, 0.2) is 0 Å². The predicted octanol–water partition coefficient (Wildman–Crippen LogP) is 4.21. The van der Waals surface area contributed by atoms with Gasteiger partial charge in [0.2, 0.25) is 0 Å². The van der Waals surface area contributed by atoms with Crippen LogP contribution in [0.25, 0.3) is 0 Å². The second-order valence-corrected chi connectivity index (χ2v) is 3.88. The number of carbonyl (C=O) groups is 1. The first-order valence-corrected chi connectivity index (χ1v) is 5.67. The van der Waals surface area contributed by atoms with Crippen molar-refractivity contribution in [2.24, 2.45) is 0 Å². The Kier molecular flexibility index (Phi) is 7.13. The van der Waals surface area contributed by atoms with Gasteiger partial charge in [0, 0.05) is 5.57 Å². The fraction of sp³-hybridized carbons (Fsp3) is 0.188. The van der Waals surface area contributed by atoms with Crippen molar-refractivity contribution < 1.29 is 9.90 Å². The molecule has 0 radical (unpaired) electrons. The smallest absolute Gasteiger partial charge is 0.331 e. The van der Waals surface area contributed by atoms with Crippen molar-refractivity contribution in [2.45, 2.75) is 20.8 Å². The second-order valence-electron chi connectivity index (χ2n) is 3.88. The molecule has 0 atom stereocenters. The molecule has 0 aromatic heterocycles. The van der Waals surface area contributed by atoms with Crippen LogP contribution in [-0.2, 0) is 4.79 Å². The Bertz CT molecular complexity index is 457. The molecule has 2 nitrogen and oxygen atoms in total. The molecule has 0 aliphatic rings. The lowest BCUT2D eigenvalue weighted by Crippen LogP contribution is -1.97. The molecular formula is C16H20O2. The number of carboxylic acid groups (broad SMARTS) is 1. The Morgan fingerprint density at radius 3 is 2.28 bits per heavy atom. The Balaban J connectivity index is 5.08. The van der Waals surface area contributed by atoms with Crippen molar-refractivity contribution in [3.05, 3.63) is 71.9 Å². The minimum absolute atomic E-state index is 0.289. The van der Waals surface area contributed by atoms with Crippen LogP contribution < -0.4 is 0 Å². The van der Waals surface area contributed by atoms with Gasteiger partial charge < -0.3 is 5.11 Å². The van der Waals surface area contributed by atoms with E-state index in [4.69, 9.17) is 5.11 Å². The molecule has 0 saturated carbocycles. The molecule has 0 bridgehead atoms. The predicted molar refractivity (Wildman–Crippen MR) is 77.4 cm³/mol. The number of hydrogen-bond donors (Lipinski definition) is 1. The first-order chi connectivity index (χ1) is 8.42. The third-order valence-corrected chi connectivity index (χ3v) is 2.29. The van der Waals surface area contributed by atoms with Crippen molar-refractivity contribution in [1.82, 2.24) is 0 Å². The highest BCUT2D eigenvalue weighted by atomic mass is 16.4. The zero-order valence-electron chi connectivity index (χ0n) is 11.2. The van der Waals surface area contributed by atoms with Gasteiger partial charge in [-0.1, -0.05) is 49.1 Å². The van der Waals surface area contributed by atoms with Crippen molar-refractivity contribution in [3.63, 3.8) is 0 Å². The Hall–Kier alpha value is -2.09. The highest BCUT2D eigenvalue weighted by molar-refractivity contribution is 5.86. The topological polar surface area (TPSA) is 37.3 Å². The molecule has 1 N–H and O–H groups in total. The standard InChI is InChI=1S/C16H20O2/c1-6-8-9-12(3)10-13(4)15(7-2)11-14(5)16(17)18/h6-11H,1,4H2,2-3,5H3,(H,17,18). The third kappa shape index (κ3) is 5.85. The average Bonchev–Trinajstić information content (AvgIpc) is 2.32. The Labute approximate surface area is 109 Å². The van der Waals surface area contributed by atoms with E-state index < -0.39 is 5.97 Å². The van der Waals surface area contributed by atoms with Gasteiger partial charge in [-0.3, -0.25) is 0 Å². The van der Waals surface area contributed by atoms with Gasteiger partial charge in [-0.2, -0.15) is 0 Å². The molecule has 0 aromatic rings. The summed E-state index contributed by atoms with van der Waals surface area (Å²) in [5.41, 5.74) is 2.91. The van der Waals surface area contributed by atoms with E-state index in [1.165, 1.54) is 0 Å². The van der Waals surface area contributed by atoms with E-state index in [-0.39, 0.29) is 5.57 Å². The zero-order valence-corrected chi connectivity index (χ0v) is 11.2. The minimum atomic E-state index is -0.922. The summed E-state index contributed by atoms with van der Waals surface area (Å²) in [6.45, 7) is 12.9. The van der Waals surface area contributed by atoms with E-state index in [9.17, 15) is 4.79 Å². The van der Waals surface area contributed by atoms with Crippen LogP contribution in [0.3, 0.4) is 0 Å². The van der Waals surface area contributed by atoms with E-state index >= 15 is 0 Å². The van der Waals surface area contributed by atoms with Crippen molar-refractivity contribution in [2.75, 3.05) is 0 Å². The van der Waals surface area contributed by atoms with E-state index in [1.54, 1.807) is 19.1 Å². The molecule has 0 unspecified atom stereocenters. The number of allylic oxidation sites excluding steroid dienone is 9. The zero-order chi connectivity index (χ0) is 14.1. The summed E-state index contributed by atoms with van der Waals surface area (Å²) >= 11 is 0. The fourth-order valence-electron chi connectivity index (χ4n) is 1.28. The molecule has 0 fully saturated rings. The molecule has 0 heterocycles. The molecule has 0 spiro atoms. The van der Waals surface area contributed by atoms with E-state index in [0.717, 1.165) is 16.7 Å². The van der Waals surface area contributed by atoms with Crippen molar-refractivity contribution >= 4 is 5.97 Å². The van der Waals surface area contributed by atoms with E-state index in [0.29, 0.717) is 0 Å². The maximum Gasteiger partial charge on any atom is 0.331 e. The molecular weight excluding hydrogens is 224 g/mol. The van der Waals surface area contributed by atoms with Crippen molar-refractivity contribution in [3.8, 4) is 0 Å². The maximum atomic E-state index is 10.8. The van der Waals surface area contributed by atoms with Crippen molar-refractivity contribution in [1.29, 1.82) is 0 Å². The number of carboxylic acids is 1. The lowest BCUT2D eigenvalue weighted by atomic mass is 10.0. The van der Waals surface area contributed by atoms with Crippen LogP contribution in [0.15, 0.2) is 71.9 Å². The molecule has 0 aliphatic carbocycles. The molecule has 2 heteroatoms. The first kappa shape index (κ1) is 15.9. The number of rotatable bonds is 6. The molecule has 96 valence electrons. The summed E-state index contributed by atoms with van der Waals surface area (Å²) in [7, 11) is 0. The Morgan fingerprint density at radius 1 is 1.22 bits per heavy atom. The summed E-state index contributed by atoms with van der Waals surface area (Å²) in [4.78, 5) is 10.8. The molecule has 0 aromatic carbocycles. The normalized spacial score (nSPS) is 13.8. The van der Waals surface area contributed by atoms with Gasteiger partial charge >= 0.3 is 5.97 Å². The molecule has 0 aliphatic heterocycles. The van der Waals surface area contributed by atoms with Gasteiger partial charge in [-0.05, 0) is 38.0 Å². The molecule has 0 rings (SSSR count). The van der Waals surface area contributed by atoms with Crippen LogP contribution in [0.1, 0.15) is 20.8 Å². The van der Waals surface area contributed by atoms with Gasteiger partial charge in [0.25, 0.3) is 0 Å². The average molecular weight is 244 g/mol. The minimum Gasteiger partial charge on any atom is -0.478 e. The van der Waals surface area contributed by atoms with Crippen LogP contribution >= 0.6 is 0 Å². The monoisotopic (exact) mass is 244 g/mol. The van der Waals surface area contributed by atoms with Gasteiger partial charge in [-0.15, -0.1) is 0 Å². The molecule has 0 saturated heterocycles. The van der Waals surface area contributed by atoms with Crippen LogP contribution in [0, 0.1) is 0 Å². The Morgan fingerprint density at radius 2 is 1.83 bits per heavy atom. The first-order valence-electron chi connectivity index (χ1n) is 5.67. The van der Waals surface area contributed by atoms with Gasteiger partial charge in [-0.25, -0.2) is 4.79 Å². The van der Waals surface area contributed by atoms with Crippen LogP contribution in [0.2, 0.25) is 0 Å². The second kappa shape index (κ2) is 8.07. The molecule has 18 heavy (non-hydrogen) atoms. The summed E-state index contributed by atoms with van der Waals surface area (Å²) in [6, 6.07) is 0. The number of aliphatic carboxylic acids is 1. The summed E-state index contributed by atoms with van der Waals surface area (Å²) < 4.78 is 0. The summed E-state index contributed by atoms with van der Waals surface area (Å²) in [6.07, 6.45) is 10.8. The number of hydrogen-bond acceptors (Lipinski definition) is 1. The quantitative estimate of drug-likeness (QED) is 0.561. The van der Waals surface area contributed by atoms with Crippen LogP contribution in [0.4, 0.5) is 0 Å².